The van der Waals surface area contributed by atoms with Crippen molar-refractivity contribution in [3.8, 4) is 0 Å². The molecular formula is C15H18ClNO4. The molecule has 6 heteroatoms. The van der Waals surface area contributed by atoms with Crippen molar-refractivity contribution in [2.45, 2.75) is 37.5 Å². The van der Waals surface area contributed by atoms with E-state index >= 15 is 0 Å². The number of piperidine rings is 1. The van der Waals surface area contributed by atoms with Crippen LogP contribution in [-0.2, 0) is 9.53 Å². The molecule has 2 aliphatic rings. The summed E-state index contributed by atoms with van der Waals surface area (Å²) in [6.07, 6.45) is 1.82. The number of ether oxygens (including phenoxy) is 1. The lowest BCUT2D eigenvalue weighted by atomic mass is 9.89. The molecule has 0 spiro atoms. The van der Waals surface area contributed by atoms with Gasteiger partial charge in [-0.25, -0.2) is 4.79 Å². The highest BCUT2D eigenvalue weighted by Gasteiger charge is 2.47. The van der Waals surface area contributed by atoms with Crippen LogP contribution in [0.2, 0.25) is 0 Å². The van der Waals surface area contributed by atoms with Crippen molar-refractivity contribution in [3.05, 3.63) is 35.9 Å². The number of rotatable bonds is 3. The summed E-state index contributed by atoms with van der Waals surface area (Å²) in [6.45, 7) is 0. The van der Waals surface area contributed by atoms with Gasteiger partial charge in [-0.3, -0.25) is 4.79 Å². The molecule has 21 heavy (non-hydrogen) atoms. The van der Waals surface area contributed by atoms with Crippen LogP contribution < -0.4 is 5.32 Å². The van der Waals surface area contributed by atoms with E-state index in [1.54, 1.807) is 24.3 Å². The van der Waals surface area contributed by atoms with Gasteiger partial charge in [0.05, 0.1) is 5.56 Å². The van der Waals surface area contributed by atoms with Gasteiger partial charge in [0.25, 0.3) is 0 Å². The molecule has 1 aromatic carbocycles. The maximum Gasteiger partial charge on any atom is 0.338 e. The summed E-state index contributed by atoms with van der Waals surface area (Å²) in [5, 5.41) is 12.7. The monoisotopic (exact) mass is 311 g/mol. The van der Waals surface area contributed by atoms with Gasteiger partial charge in [-0.05, 0) is 25.0 Å². The lowest BCUT2D eigenvalue weighted by Crippen LogP contribution is -2.52. The fraction of sp³-hybridized carbons (Fsp3) is 0.467. The number of carboxylic acid groups (broad SMARTS) is 1. The van der Waals surface area contributed by atoms with Crippen molar-refractivity contribution in [2.75, 3.05) is 0 Å². The lowest BCUT2D eigenvalue weighted by Gasteiger charge is -2.34. The minimum atomic E-state index is -0.895. The third kappa shape index (κ3) is 3.19. The highest BCUT2D eigenvalue weighted by molar-refractivity contribution is 5.89. The Morgan fingerprint density at radius 3 is 2.57 bits per heavy atom. The first-order valence-corrected chi connectivity index (χ1v) is 6.90. The standard InChI is InChI=1S/C15H17NO4.ClH/c17-14(18)13-11-7-6-10(16-11)8-12(13)20-15(19)9-4-2-1-3-5-9;/h1-5,10-13,16H,6-8H2,(H,17,18);1H/t10-,11+,12-,13+;/m0./s1. The smallest absolute Gasteiger partial charge is 0.338 e. The van der Waals surface area contributed by atoms with E-state index in [1.165, 1.54) is 0 Å². The predicted octanol–water partition coefficient (Wildman–Crippen LogP) is 1.86. The first-order valence-electron chi connectivity index (χ1n) is 6.90. The van der Waals surface area contributed by atoms with Crippen molar-refractivity contribution < 1.29 is 19.4 Å². The molecule has 2 fully saturated rings. The van der Waals surface area contributed by atoms with Crippen LogP contribution >= 0.6 is 12.4 Å². The third-order valence-corrected chi connectivity index (χ3v) is 4.18. The number of carbonyl (C=O) groups is 2. The van der Waals surface area contributed by atoms with Crippen LogP contribution in [-0.4, -0.2) is 35.2 Å². The number of hydrogen-bond donors (Lipinski definition) is 2. The van der Waals surface area contributed by atoms with Crippen LogP contribution in [0.1, 0.15) is 29.6 Å². The van der Waals surface area contributed by atoms with Crippen LogP contribution in [0.15, 0.2) is 30.3 Å². The molecule has 2 bridgehead atoms. The minimum absolute atomic E-state index is 0. The van der Waals surface area contributed by atoms with Gasteiger partial charge >= 0.3 is 11.9 Å². The van der Waals surface area contributed by atoms with E-state index in [4.69, 9.17) is 4.74 Å². The zero-order valence-corrected chi connectivity index (χ0v) is 12.2. The van der Waals surface area contributed by atoms with Crippen LogP contribution in [0.4, 0.5) is 0 Å². The van der Waals surface area contributed by atoms with Crippen molar-refractivity contribution in [3.63, 3.8) is 0 Å². The summed E-state index contributed by atoms with van der Waals surface area (Å²) in [4.78, 5) is 23.5. The zero-order chi connectivity index (χ0) is 14.1. The van der Waals surface area contributed by atoms with Crippen molar-refractivity contribution in [1.82, 2.24) is 5.32 Å². The number of carboxylic acids is 1. The molecule has 0 amide bonds. The molecule has 5 nitrogen and oxygen atoms in total. The number of halogens is 1. The van der Waals surface area contributed by atoms with Gasteiger partial charge < -0.3 is 15.2 Å². The molecule has 2 saturated heterocycles. The molecule has 0 radical (unpaired) electrons. The van der Waals surface area contributed by atoms with Crippen LogP contribution in [0.5, 0.6) is 0 Å². The number of aliphatic carboxylic acids is 1. The molecule has 2 aliphatic heterocycles. The maximum atomic E-state index is 12.1. The Morgan fingerprint density at radius 2 is 1.90 bits per heavy atom. The van der Waals surface area contributed by atoms with Gasteiger partial charge in [0.2, 0.25) is 0 Å². The van der Waals surface area contributed by atoms with E-state index < -0.39 is 24.0 Å². The van der Waals surface area contributed by atoms with E-state index in [9.17, 15) is 14.7 Å². The van der Waals surface area contributed by atoms with E-state index in [-0.39, 0.29) is 24.5 Å². The Morgan fingerprint density at radius 1 is 1.19 bits per heavy atom. The number of fused-ring (bicyclic) bond motifs is 2. The Hall–Kier alpha value is -1.59. The summed E-state index contributed by atoms with van der Waals surface area (Å²) >= 11 is 0. The molecule has 1 aromatic rings. The molecule has 114 valence electrons. The third-order valence-electron chi connectivity index (χ3n) is 4.18. The minimum Gasteiger partial charge on any atom is -0.481 e. The number of esters is 1. The van der Waals surface area contributed by atoms with Gasteiger partial charge in [0.1, 0.15) is 12.0 Å². The summed E-state index contributed by atoms with van der Waals surface area (Å²) in [5.74, 6) is -1.99. The summed E-state index contributed by atoms with van der Waals surface area (Å²) in [6, 6.07) is 8.88. The van der Waals surface area contributed by atoms with E-state index in [1.807, 2.05) is 6.07 Å². The van der Waals surface area contributed by atoms with Gasteiger partial charge in [-0.1, -0.05) is 18.2 Å². The Kier molecular flexibility index (Phi) is 4.85. The van der Waals surface area contributed by atoms with Crippen molar-refractivity contribution in [1.29, 1.82) is 0 Å². The summed E-state index contributed by atoms with van der Waals surface area (Å²) in [7, 11) is 0. The number of benzene rings is 1. The summed E-state index contributed by atoms with van der Waals surface area (Å²) < 4.78 is 5.47. The molecule has 2 N–H and O–H groups in total. The Balaban J connectivity index is 0.00000161. The molecule has 2 heterocycles. The first kappa shape index (κ1) is 15.8. The second kappa shape index (κ2) is 6.45. The van der Waals surface area contributed by atoms with Crippen LogP contribution in [0.25, 0.3) is 0 Å². The van der Waals surface area contributed by atoms with E-state index in [2.05, 4.69) is 5.32 Å². The average molecular weight is 312 g/mol. The molecule has 3 rings (SSSR count). The molecule has 0 unspecified atom stereocenters. The molecule has 0 aromatic heterocycles. The second-order valence-corrected chi connectivity index (χ2v) is 5.46. The molecule has 0 aliphatic carbocycles. The normalized spacial score (nSPS) is 30.3. The van der Waals surface area contributed by atoms with Crippen molar-refractivity contribution >= 4 is 24.3 Å². The lowest BCUT2D eigenvalue weighted by molar-refractivity contribution is -0.148. The number of hydrogen-bond acceptors (Lipinski definition) is 4. The Bertz CT molecular complexity index is 522. The maximum absolute atomic E-state index is 12.1. The van der Waals surface area contributed by atoms with E-state index in [0.717, 1.165) is 12.8 Å². The van der Waals surface area contributed by atoms with Crippen molar-refractivity contribution in [2.24, 2.45) is 5.92 Å². The molecule has 0 saturated carbocycles. The predicted molar refractivity (Wildman–Crippen MR) is 78.6 cm³/mol. The fourth-order valence-corrected chi connectivity index (χ4v) is 3.24. The highest BCUT2D eigenvalue weighted by atomic mass is 35.5. The quantitative estimate of drug-likeness (QED) is 0.833. The average Bonchev–Trinajstić information content (AvgIpc) is 2.81. The molecule has 4 atom stereocenters. The second-order valence-electron chi connectivity index (χ2n) is 5.46. The van der Waals surface area contributed by atoms with Gasteiger partial charge in [-0.15, -0.1) is 12.4 Å². The first-order chi connectivity index (χ1) is 9.65. The topological polar surface area (TPSA) is 75.6 Å². The number of nitrogens with one attached hydrogen (secondary N) is 1. The SMILES string of the molecule is Cl.O=C(O[C@H]1C[C@@H]2CC[C@@H](N2)[C@H]1C(=O)O)c1ccccc1. The van der Waals surface area contributed by atoms with Gasteiger partial charge in [0.15, 0.2) is 0 Å². The largest absolute Gasteiger partial charge is 0.481 e. The fourth-order valence-electron chi connectivity index (χ4n) is 3.24. The van der Waals surface area contributed by atoms with E-state index in [0.29, 0.717) is 12.0 Å². The zero-order valence-electron chi connectivity index (χ0n) is 11.4. The van der Waals surface area contributed by atoms with Gasteiger partial charge in [0, 0.05) is 18.5 Å². The molecular weight excluding hydrogens is 294 g/mol. The van der Waals surface area contributed by atoms with Crippen LogP contribution in [0.3, 0.4) is 0 Å². The highest BCUT2D eigenvalue weighted by Crippen LogP contribution is 2.34. The van der Waals surface area contributed by atoms with Gasteiger partial charge in [-0.2, -0.15) is 0 Å². The van der Waals surface area contributed by atoms with Crippen LogP contribution in [0, 0.1) is 5.92 Å². The Labute approximate surface area is 129 Å². The summed E-state index contributed by atoms with van der Waals surface area (Å²) in [5.41, 5.74) is 0.461. The number of carbonyl (C=O) groups excluding carboxylic acids is 1.